The van der Waals surface area contributed by atoms with Gasteiger partial charge in [0.25, 0.3) is 0 Å². The Bertz CT molecular complexity index is 601. The lowest BCUT2D eigenvalue weighted by atomic mass is 10.0. The highest BCUT2D eigenvalue weighted by atomic mass is 35.5. The molecule has 7 heteroatoms. The van der Waals surface area contributed by atoms with Crippen molar-refractivity contribution in [2.45, 2.75) is 31.1 Å². The van der Waals surface area contributed by atoms with Crippen molar-refractivity contribution >= 4 is 21.6 Å². The minimum atomic E-state index is -3.19. The molecule has 1 heterocycles. The van der Waals surface area contributed by atoms with Crippen LogP contribution in [0.4, 0.5) is 4.39 Å². The van der Waals surface area contributed by atoms with Crippen LogP contribution >= 0.6 is 11.6 Å². The van der Waals surface area contributed by atoms with Crippen molar-refractivity contribution in [3.05, 3.63) is 34.6 Å². The smallest absolute Gasteiger partial charge is 0.214 e. The monoisotopic (exact) mass is 334 g/mol. The van der Waals surface area contributed by atoms with Crippen LogP contribution in [0.15, 0.2) is 18.2 Å². The molecule has 1 atom stereocenters. The molecule has 0 unspecified atom stereocenters. The molecular weight excluding hydrogens is 315 g/mol. The van der Waals surface area contributed by atoms with E-state index in [1.807, 2.05) is 6.92 Å². The number of rotatable bonds is 4. The van der Waals surface area contributed by atoms with Crippen molar-refractivity contribution < 1.29 is 12.8 Å². The molecule has 0 spiro atoms. The molecule has 0 amide bonds. The zero-order chi connectivity index (χ0) is 15.6. The van der Waals surface area contributed by atoms with Crippen molar-refractivity contribution in [2.24, 2.45) is 0 Å². The van der Waals surface area contributed by atoms with E-state index in [-0.39, 0.29) is 16.3 Å². The highest BCUT2D eigenvalue weighted by molar-refractivity contribution is 7.90. The van der Waals surface area contributed by atoms with Gasteiger partial charge in [-0.05, 0) is 44.5 Å². The van der Waals surface area contributed by atoms with Crippen molar-refractivity contribution in [1.82, 2.24) is 9.62 Å². The molecule has 0 aromatic heterocycles. The molecule has 4 nitrogen and oxygen atoms in total. The molecule has 1 aromatic carbocycles. The standard InChI is InChI=1S/C14H20ClFN2O2S/c1-10(11-3-4-14(16)13(15)9-11)18-7-5-12(6-8-18)21(19,20)17-2/h3-4,9-10,12,17H,5-8H2,1-2H3/t10-/m0/s1. The van der Waals surface area contributed by atoms with Gasteiger partial charge in [0.1, 0.15) is 5.82 Å². The van der Waals surface area contributed by atoms with Gasteiger partial charge in [-0.1, -0.05) is 17.7 Å². The first kappa shape index (κ1) is 16.7. The fraction of sp³-hybridized carbons (Fsp3) is 0.571. The minimum Gasteiger partial charge on any atom is -0.297 e. The van der Waals surface area contributed by atoms with E-state index >= 15 is 0 Å². The Balaban J connectivity index is 2.03. The summed E-state index contributed by atoms with van der Waals surface area (Å²) in [5.74, 6) is -0.425. The van der Waals surface area contributed by atoms with E-state index in [4.69, 9.17) is 11.6 Å². The summed E-state index contributed by atoms with van der Waals surface area (Å²) >= 11 is 5.82. The van der Waals surface area contributed by atoms with Gasteiger partial charge in [-0.25, -0.2) is 17.5 Å². The van der Waals surface area contributed by atoms with Gasteiger partial charge in [0.15, 0.2) is 0 Å². The van der Waals surface area contributed by atoms with Gasteiger partial charge in [-0.3, -0.25) is 4.90 Å². The van der Waals surface area contributed by atoms with Gasteiger partial charge >= 0.3 is 0 Å². The molecule has 1 saturated heterocycles. The number of halogens is 2. The highest BCUT2D eigenvalue weighted by Gasteiger charge is 2.30. The number of piperidine rings is 1. The first-order valence-corrected chi connectivity index (χ1v) is 8.89. The Labute approximate surface area is 130 Å². The summed E-state index contributed by atoms with van der Waals surface area (Å²) < 4.78 is 39.2. The molecule has 0 radical (unpaired) electrons. The van der Waals surface area contributed by atoms with E-state index in [1.54, 1.807) is 12.1 Å². The number of nitrogens with zero attached hydrogens (tertiary/aromatic N) is 1. The average molecular weight is 335 g/mol. The van der Waals surface area contributed by atoms with Crippen LogP contribution in [0.25, 0.3) is 0 Å². The summed E-state index contributed by atoms with van der Waals surface area (Å²) in [6, 6.07) is 4.81. The van der Waals surface area contributed by atoms with Crippen molar-refractivity contribution in [2.75, 3.05) is 20.1 Å². The maximum Gasteiger partial charge on any atom is 0.214 e. The van der Waals surface area contributed by atoms with Gasteiger partial charge < -0.3 is 0 Å². The van der Waals surface area contributed by atoms with Crippen LogP contribution in [-0.4, -0.2) is 38.7 Å². The topological polar surface area (TPSA) is 49.4 Å². The van der Waals surface area contributed by atoms with E-state index in [0.29, 0.717) is 25.9 Å². The predicted octanol–water partition coefficient (Wildman–Crippen LogP) is 2.55. The van der Waals surface area contributed by atoms with Crippen LogP contribution in [0, 0.1) is 5.82 Å². The van der Waals surface area contributed by atoms with Crippen molar-refractivity contribution in [3.8, 4) is 0 Å². The summed E-state index contributed by atoms with van der Waals surface area (Å²) in [6.07, 6.45) is 1.20. The third kappa shape index (κ3) is 3.74. The van der Waals surface area contributed by atoms with Crippen molar-refractivity contribution in [3.63, 3.8) is 0 Å². The Kier molecular flexibility index (Phi) is 5.24. The molecule has 1 fully saturated rings. The van der Waals surface area contributed by atoms with Gasteiger partial charge in [0.2, 0.25) is 10.0 Å². The number of likely N-dealkylation sites (tertiary alicyclic amines) is 1. The molecule has 1 aliphatic rings. The second-order valence-corrected chi connectivity index (χ2v) is 7.91. The SMILES string of the molecule is CNS(=O)(=O)C1CCN([C@@H](C)c2ccc(F)c(Cl)c2)CC1. The fourth-order valence-corrected chi connectivity index (χ4v) is 4.08. The van der Waals surface area contributed by atoms with E-state index in [0.717, 1.165) is 5.56 Å². The zero-order valence-electron chi connectivity index (χ0n) is 12.1. The normalized spacial score (nSPS) is 19.6. The fourth-order valence-electron chi connectivity index (χ4n) is 2.72. The average Bonchev–Trinajstić information content (AvgIpc) is 2.49. The number of hydrogen-bond acceptors (Lipinski definition) is 3. The molecule has 21 heavy (non-hydrogen) atoms. The number of hydrogen-bond donors (Lipinski definition) is 1. The lowest BCUT2D eigenvalue weighted by Crippen LogP contribution is -2.43. The van der Waals surface area contributed by atoms with Crippen LogP contribution in [0.5, 0.6) is 0 Å². The van der Waals surface area contributed by atoms with E-state index < -0.39 is 15.8 Å². The number of sulfonamides is 1. The summed E-state index contributed by atoms with van der Waals surface area (Å²) in [5.41, 5.74) is 0.941. The largest absolute Gasteiger partial charge is 0.297 e. The molecule has 118 valence electrons. The molecule has 1 aliphatic heterocycles. The van der Waals surface area contributed by atoms with E-state index in [2.05, 4.69) is 9.62 Å². The van der Waals surface area contributed by atoms with Crippen LogP contribution in [-0.2, 0) is 10.0 Å². The first-order valence-electron chi connectivity index (χ1n) is 6.96. The summed E-state index contributed by atoms with van der Waals surface area (Å²) in [6.45, 7) is 3.42. The van der Waals surface area contributed by atoms with E-state index in [1.165, 1.54) is 13.1 Å². The predicted molar refractivity (Wildman–Crippen MR) is 82.4 cm³/mol. The second-order valence-electron chi connectivity index (χ2n) is 5.33. The zero-order valence-corrected chi connectivity index (χ0v) is 13.7. The Morgan fingerprint density at radius 2 is 2.00 bits per heavy atom. The van der Waals surface area contributed by atoms with Gasteiger partial charge in [0.05, 0.1) is 10.3 Å². The van der Waals surface area contributed by atoms with Crippen molar-refractivity contribution in [1.29, 1.82) is 0 Å². The summed E-state index contributed by atoms with van der Waals surface area (Å²) in [4.78, 5) is 2.20. The maximum atomic E-state index is 13.2. The maximum absolute atomic E-state index is 13.2. The van der Waals surface area contributed by atoms with Gasteiger partial charge in [0, 0.05) is 19.1 Å². The molecule has 1 N–H and O–H groups in total. The second kappa shape index (κ2) is 6.60. The highest BCUT2D eigenvalue weighted by Crippen LogP contribution is 2.28. The third-order valence-corrected chi connectivity index (χ3v) is 6.38. The Hall–Kier alpha value is -0.690. The van der Waals surface area contributed by atoms with E-state index in [9.17, 15) is 12.8 Å². The van der Waals surface area contributed by atoms with Crippen LogP contribution in [0.1, 0.15) is 31.4 Å². The molecular formula is C14H20ClFN2O2S. The first-order chi connectivity index (χ1) is 9.85. The van der Waals surface area contributed by atoms with Gasteiger partial charge in [-0.2, -0.15) is 0 Å². The summed E-state index contributed by atoms with van der Waals surface area (Å²) in [7, 11) is -1.75. The lowest BCUT2D eigenvalue weighted by molar-refractivity contribution is 0.176. The molecule has 2 rings (SSSR count). The Morgan fingerprint density at radius 3 is 2.52 bits per heavy atom. The minimum absolute atomic E-state index is 0.0846. The van der Waals surface area contributed by atoms with Crippen LogP contribution in [0.2, 0.25) is 5.02 Å². The molecule has 0 aliphatic carbocycles. The molecule has 0 bridgehead atoms. The van der Waals surface area contributed by atoms with Gasteiger partial charge in [-0.15, -0.1) is 0 Å². The quantitative estimate of drug-likeness (QED) is 0.920. The lowest BCUT2D eigenvalue weighted by Gasteiger charge is -2.35. The van der Waals surface area contributed by atoms with Crippen LogP contribution < -0.4 is 4.72 Å². The number of nitrogens with one attached hydrogen (secondary N) is 1. The number of benzene rings is 1. The molecule has 0 saturated carbocycles. The third-order valence-electron chi connectivity index (χ3n) is 4.17. The molecule has 1 aromatic rings. The summed E-state index contributed by atoms with van der Waals surface area (Å²) in [5, 5.41) is -0.213. The Morgan fingerprint density at radius 1 is 1.38 bits per heavy atom. The van der Waals surface area contributed by atoms with Crippen LogP contribution in [0.3, 0.4) is 0 Å².